The molecule has 146 valence electrons. The summed E-state index contributed by atoms with van der Waals surface area (Å²) in [5.41, 5.74) is 0. The topological polar surface area (TPSA) is 85.2 Å². The number of aromatic nitrogens is 3. The van der Waals surface area contributed by atoms with Gasteiger partial charge in [0.2, 0.25) is 5.91 Å². The van der Waals surface area contributed by atoms with Crippen molar-refractivity contribution in [1.29, 1.82) is 0 Å². The fourth-order valence-corrected chi connectivity index (χ4v) is 6.57. The maximum absolute atomic E-state index is 12.9. The third-order valence-electron chi connectivity index (χ3n) is 5.48. The van der Waals surface area contributed by atoms with E-state index >= 15 is 0 Å². The summed E-state index contributed by atoms with van der Waals surface area (Å²) in [6, 6.07) is 0.345. The standard InChI is InChI=1S/C17H28N4O3S2/c1-4-14-7-5-6-9-21(14)16(22)12(2)25-17-19-18-15(20(17)3)13-8-10-26(23,24)11-13/h12-14H,4-11H2,1-3H3/t12-,13+,14+/m0/s1. The van der Waals surface area contributed by atoms with Gasteiger partial charge in [-0.05, 0) is 39.0 Å². The lowest BCUT2D eigenvalue weighted by Crippen LogP contribution is -2.46. The van der Waals surface area contributed by atoms with Crippen molar-refractivity contribution in [2.45, 2.75) is 68.3 Å². The largest absolute Gasteiger partial charge is 0.339 e. The Hall–Kier alpha value is -1.09. The Morgan fingerprint density at radius 3 is 2.73 bits per heavy atom. The Kier molecular flexibility index (Phi) is 5.96. The van der Waals surface area contributed by atoms with Crippen LogP contribution in [0.15, 0.2) is 5.16 Å². The zero-order valence-electron chi connectivity index (χ0n) is 15.7. The minimum atomic E-state index is -2.96. The van der Waals surface area contributed by atoms with Gasteiger partial charge in [-0.15, -0.1) is 10.2 Å². The van der Waals surface area contributed by atoms with E-state index in [2.05, 4.69) is 17.1 Å². The lowest BCUT2D eigenvalue weighted by atomic mass is 10.00. The number of carbonyl (C=O) groups excluding carboxylic acids is 1. The zero-order chi connectivity index (χ0) is 18.9. The first-order chi connectivity index (χ1) is 12.3. The van der Waals surface area contributed by atoms with Crippen LogP contribution in [0.5, 0.6) is 0 Å². The van der Waals surface area contributed by atoms with Crippen molar-refractivity contribution in [3.63, 3.8) is 0 Å². The van der Waals surface area contributed by atoms with E-state index in [1.54, 1.807) is 0 Å². The van der Waals surface area contributed by atoms with Crippen molar-refractivity contribution in [1.82, 2.24) is 19.7 Å². The normalized spacial score (nSPS) is 26.8. The second kappa shape index (κ2) is 7.88. The summed E-state index contributed by atoms with van der Waals surface area (Å²) in [4.78, 5) is 14.9. The molecule has 2 fully saturated rings. The first kappa shape index (κ1) is 19.7. The molecule has 0 N–H and O–H groups in total. The fourth-order valence-electron chi connectivity index (χ4n) is 3.94. The Morgan fingerprint density at radius 2 is 2.08 bits per heavy atom. The van der Waals surface area contributed by atoms with Crippen LogP contribution in [0.1, 0.15) is 57.7 Å². The molecule has 26 heavy (non-hydrogen) atoms. The number of likely N-dealkylation sites (tertiary alicyclic amines) is 1. The van der Waals surface area contributed by atoms with Gasteiger partial charge in [0, 0.05) is 25.6 Å². The van der Waals surface area contributed by atoms with Gasteiger partial charge in [0.05, 0.1) is 16.8 Å². The van der Waals surface area contributed by atoms with E-state index < -0.39 is 9.84 Å². The number of carbonyl (C=O) groups is 1. The first-order valence-corrected chi connectivity index (χ1v) is 12.1. The number of hydrogen-bond donors (Lipinski definition) is 0. The number of nitrogens with zero attached hydrogens (tertiary/aromatic N) is 4. The summed E-state index contributed by atoms with van der Waals surface area (Å²) in [6.07, 6.45) is 4.95. The molecule has 0 unspecified atom stereocenters. The molecule has 0 radical (unpaired) electrons. The van der Waals surface area contributed by atoms with Crippen LogP contribution in [0.3, 0.4) is 0 Å². The average molecular weight is 401 g/mol. The molecule has 7 nitrogen and oxygen atoms in total. The van der Waals surface area contributed by atoms with E-state index in [4.69, 9.17) is 0 Å². The summed E-state index contributed by atoms with van der Waals surface area (Å²) in [5, 5.41) is 8.89. The van der Waals surface area contributed by atoms with Crippen molar-refractivity contribution < 1.29 is 13.2 Å². The van der Waals surface area contributed by atoms with Gasteiger partial charge in [0.1, 0.15) is 5.82 Å². The van der Waals surface area contributed by atoms with Gasteiger partial charge in [-0.2, -0.15) is 0 Å². The molecule has 1 amide bonds. The highest BCUT2D eigenvalue weighted by atomic mass is 32.2. The molecule has 2 saturated heterocycles. The van der Waals surface area contributed by atoms with Gasteiger partial charge in [0.25, 0.3) is 0 Å². The lowest BCUT2D eigenvalue weighted by molar-refractivity contribution is -0.134. The van der Waals surface area contributed by atoms with Crippen LogP contribution in [0.25, 0.3) is 0 Å². The second-order valence-corrected chi connectivity index (χ2v) is 10.9. The third-order valence-corrected chi connectivity index (χ3v) is 8.37. The van der Waals surface area contributed by atoms with Crippen molar-refractivity contribution in [3.8, 4) is 0 Å². The molecule has 0 saturated carbocycles. The molecular weight excluding hydrogens is 372 g/mol. The molecular formula is C17H28N4O3S2. The highest BCUT2D eigenvalue weighted by Crippen LogP contribution is 2.31. The second-order valence-electron chi connectivity index (χ2n) is 7.35. The SMILES string of the molecule is CC[C@@H]1CCCCN1C(=O)[C@H](C)Sc1nnc([C@@H]2CCS(=O)(=O)C2)n1C. The fraction of sp³-hybridized carbons (Fsp3) is 0.824. The summed E-state index contributed by atoms with van der Waals surface area (Å²) < 4.78 is 25.3. The van der Waals surface area contributed by atoms with E-state index in [1.807, 2.05) is 23.4 Å². The van der Waals surface area contributed by atoms with Gasteiger partial charge in [-0.25, -0.2) is 8.42 Å². The molecule has 3 rings (SSSR count). The smallest absolute Gasteiger partial charge is 0.236 e. The highest BCUT2D eigenvalue weighted by Gasteiger charge is 2.34. The third kappa shape index (κ3) is 4.08. The summed E-state index contributed by atoms with van der Waals surface area (Å²) in [6.45, 7) is 4.90. The molecule has 3 heterocycles. The predicted molar refractivity (Wildman–Crippen MR) is 102 cm³/mol. The van der Waals surface area contributed by atoms with Gasteiger partial charge in [0.15, 0.2) is 15.0 Å². The number of rotatable bonds is 5. The van der Waals surface area contributed by atoms with Crippen LogP contribution in [0.4, 0.5) is 0 Å². The van der Waals surface area contributed by atoms with E-state index in [9.17, 15) is 13.2 Å². The molecule has 0 bridgehead atoms. The molecule has 2 aliphatic rings. The minimum absolute atomic E-state index is 0.0931. The number of hydrogen-bond acceptors (Lipinski definition) is 6. The van der Waals surface area contributed by atoms with Crippen LogP contribution in [-0.4, -0.2) is 63.3 Å². The van der Waals surface area contributed by atoms with Crippen LogP contribution < -0.4 is 0 Å². The molecule has 0 aliphatic carbocycles. The van der Waals surface area contributed by atoms with Crippen molar-refractivity contribution in [3.05, 3.63) is 5.82 Å². The molecule has 0 spiro atoms. The van der Waals surface area contributed by atoms with E-state index in [-0.39, 0.29) is 28.6 Å². The quantitative estimate of drug-likeness (QED) is 0.703. The Bertz CT molecular complexity index is 762. The summed E-state index contributed by atoms with van der Waals surface area (Å²) >= 11 is 1.41. The molecule has 0 aromatic carbocycles. The van der Waals surface area contributed by atoms with E-state index in [1.165, 1.54) is 18.2 Å². The van der Waals surface area contributed by atoms with E-state index in [0.29, 0.717) is 23.4 Å². The predicted octanol–water partition coefficient (Wildman–Crippen LogP) is 1.99. The maximum Gasteiger partial charge on any atom is 0.236 e. The van der Waals surface area contributed by atoms with Crippen molar-refractivity contribution >= 4 is 27.5 Å². The van der Waals surface area contributed by atoms with Crippen molar-refractivity contribution in [2.24, 2.45) is 7.05 Å². The van der Waals surface area contributed by atoms with Gasteiger partial charge in [-0.1, -0.05) is 18.7 Å². The number of sulfone groups is 1. The molecule has 1 aromatic heterocycles. The lowest BCUT2D eigenvalue weighted by Gasteiger charge is -2.36. The Labute approximate surface area is 159 Å². The van der Waals surface area contributed by atoms with E-state index in [0.717, 1.165) is 25.8 Å². The van der Waals surface area contributed by atoms with Crippen LogP contribution in [0, 0.1) is 0 Å². The van der Waals surface area contributed by atoms with Crippen LogP contribution >= 0.6 is 11.8 Å². The van der Waals surface area contributed by atoms with Crippen LogP contribution in [0.2, 0.25) is 0 Å². The average Bonchev–Trinajstić information content (AvgIpc) is 3.16. The number of thioether (sulfide) groups is 1. The Morgan fingerprint density at radius 1 is 1.31 bits per heavy atom. The maximum atomic E-state index is 12.9. The van der Waals surface area contributed by atoms with Gasteiger partial charge in [-0.3, -0.25) is 4.79 Å². The number of piperidine rings is 1. The molecule has 3 atom stereocenters. The first-order valence-electron chi connectivity index (χ1n) is 9.39. The Balaban J connectivity index is 1.68. The number of amides is 1. The van der Waals surface area contributed by atoms with Gasteiger partial charge >= 0.3 is 0 Å². The summed E-state index contributed by atoms with van der Waals surface area (Å²) in [5.74, 6) is 1.14. The molecule has 2 aliphatic heterocycles. The zero-order valence-corrected chi connectivity index (χ0v) is 17.4. The van der Waals surface area contributed by atoms with Crippen LogP contribution in [-0.2, 0) is 21.7 Å². The highest BCUT2D eigenvalue weighted by molar-refractivity contribution is 8.00. The van der Waals surface area contributed by atoms with Gasteiger partial charge < -0.3 is 9.47 Å². The van der Waals surface area contributed by atoms with Crippen molar-refractivity contribution in [2.75, 3.05) is 18.1 Å². The summed E-state index contributed by atoms with van der Waals surface area (Å²) in [7, 11) is -1.10. The monoisotopic (exact) mass is 400 g/mol. The molecule has 9 heteroatoms. The molecule has 1 aromatic rings. The minimum Gasteiger partial charge on any atom is -0.339 e.